The van der Waals surface area contributed by atoms with Gasteiger partial charge in [0.25, 0.3) is 0 Å². The standard InChI is InChI=1S/C28H30O4/c1-4-31-27(28(29)30)19-22-8-14-26(15-9-22)32-17-16-21(3)23-10-12-24(13-11-23)25-7-5-6-20(2)18-25/h5-16,18,27H,4,17,19H2,1-3H3,(H,29,30)/t27-/m0/s1. The van der Waals surface area contributed by atoms with Crippen LogP contribution in [0.1, 0.15) is 30.5 Å². The van der Waals surface area contributed by atoms with E-state index in [1.54, 1.807) is 6.92 Å². The quantitative estimate of drug-likeness (QED) is 0.417. The van der Waals surface area contributed by atoms with Gasteiger partial charge in [0.05, 0.1) is 0 Å². The number of aliphatic carboxylic acids is 1. The van der Waals surface area contributed by atoms with Gasteiger partial charge < -0.3 is 14.6 Å². The van der Waals surface area contributed by atoms with E-state index in [0.717, 1.165) is 22.4 Å². The zero-order valence-electron chi connectivity index (χ0n) is 18.9. The minimum Gasteiger partial charge on any atom is -0.490 e. The molecule has 0 aliphatic heterocycles. The molecule has 0 amide bonds. The number of carbonyl (C=O) groups is 1. The number of carboxylic acid groups (broad SMARTS) is 1. The molecule has 0 aliphatic rings. The van der Waals surface area contributed by atoms with Crippen molar-refractivity contribution >= 4 is 11.5 Å². The molecular weight excluding hydrogens is 400 g/mol. The number of allylic oxidation sites excluding steroid dienone is 1. The lowest BCUT2D eigenvalue weighted by molar-refractivity contribution is -0.149. The summed E-state index contributed by atoms with van der Waals surface area (Å²) in [6.45, 7) is 6.81. The Balaban J connectivity index is 1.55. The van der Waals surface area contributed by atoms with Crippen LogP contribution in [0.15, 0.2) is 78.9 Å². The molecule has 1 N–H and O–H groups in total. The van der Waals surface area contributed by atoms with Crippen molar-refractivity contribution < 1.29 is 19.4 Å². The molecule has 3 aromatic carbocycles. The molecule has 1 atom stereocenters. The molecule has 0 unspecified atom stereocenters. The van der Waals surface area contributed by atoms with Crippen molar-refractivity contribution in [3.63, 3.8) is 0 Å². The highest BCUT2D eigenvalue weighted by Gasteiger charge is 2.17. The fourth-order valence-electron chi connectivity index (χ4n) is 3.49. The van der Waals surface area contributed by atoms with Crippen LogP contribution in [-0.4, -0.2) is 30.4 Å². The van der Waals surface area contributed by atoms with Gasteiger partial charge in [0, 0.05) is 13.0 Å². The molecule has 32 heavy (non-hydrogen) atoms. The van der Waals surface area contributed by atoms with E-state index in [4.69, 9.17) is 9.47 Å². The predicted molar refractivity (Wildman–Crippen MR) is 129 cm³/mol. The van der Waals surface area contributed by atoms with Crippen molar-refractivity contribution in [1.82, 2.24) is 0 Å². The summed E-state index contributed by atoms with van der Waals surface area (Å²) >= 11 is 0. The van der Waals surface area contributed by atoms with Crippen molar-refractivity contribution in [2.75, 3.05) is 13.2 Å². The van der Waals surface area contributed by atoms with Crippen LogP contribution in [0.25, 0.3) is 16.7 Å². The average Bonchev–Trinajstić information content (AvgIpc) is 2.80. The third-order valence-corrected chi connectivity index (χ3v) is 5.32. The lowest BCUT2D eigenvalue weighted by Crippen LogP contribution is -2.26. The lowest BCUT2D eigenvalue weighted by Gasteiger charge is -2.12. The van der Waals surface area contributed by atoms with Crippen molar-refractivity contribution in [2.45, 2.75) is 33.3 Å². The van der Waals surface area contributed by atoms with Gasteiger partial charge in [-0.15, -0.1) is 0 Å². The van der Waals surface area contributed by atoms with E-state index in [-0.39, 0.29) is 0 Å². The highest BCUT2D eigenvalue weighted by molar-refractivity contribution is 5.72. The number of ether oxygens (including phenoxy) is 2. The van der Waals surface area contributed by atoms with Gasteiger partial charge in [-0.2, -0.15) is 0 Å². The number of carboxylic acids is 1. The maximum Gasteiger partial charge on any atom is 0.333 e. The molecule has 0 aliphatic carbocycles. The highest BCUT2D eigenvalue weighted by atomic mass is 16.5. The van der Waals surface area contributed by atoms with Crippen LogP contribution in [-0.2, 0) is 16.0 Å². The first kappa shape index (κ1) is 23.3. The van der Waals surface area contributed by atoms with Crippen molar-refractivity contribution in [3.8, 4) is 16.9 Å². The van der Waals surface area contributed by atoms with Crippen LogP contribution in [0.3, 0.4) is 0 Å². The van der Waals surface area contributed by atoms with Crippen LogP contribution >= 0.6 is 0 Å². The SMILES string of the molecule is CCO[C@@H](Cc1ccc(OCC=C(C)c2ccc(-c3cccc(C)c3)cc2)cc1)C(=O)O. The van der Waals surface area contributed by atoms with Gasteiger partial charge in [-0.05, 0) is 66.8 Å². The summed E-state index contributed by atoms with van der Waals surface area (Å²) in [5, 5.41) is 9.21. The molecule has 0 fully saturated rings. The van der Waals surface area contributed by atoms with E-state index in [2.05, 4.69) is 68.5 Å². The highest BCUT2D eigenvalue weighted by Crippen LogP contribution is 2.23. The molecule has 0 saturated heterocycles. The van der Waals surface area contributed by atoms with Gasteiger partial charge >= 0.3 is 5.97 Å². The maximum atomic E-state index is 11.2. The Morgan fingerprint density at radius 1 is 1.00 bits per heavy atom. The number of hydrogen-bond acceptors (Lipinski definition) is 3. The van der Waals surface area contributed by atoms with Crippen molar-refractivity contribution in [2.24, 2.45) is 0 Å². The van der Waals surface area contributed by atoms with Crippen LogP contribution in [0.5, 0.6) is 5.75 Å². The largest absolute Gasteiger partial charge is 0.490 e. The maximum absolute atomic E-state index is 11.2. The summed E-state index contributed by atoms with van der Waals surface area (Å²) < 4.78 is 11.1. The van der Waals surface area contributed by atoms with Gasteiger partial charge in [-0.3, -0.25) is 0 Å². The van der Waals surface area contributed by atoms with Gasteiger partial charge in [0.2, 0.25) is 0 Å². The Morgan fingerprint density at radius 3 is 2.34 bits per heavy atom. The van der Waals surface area contributed by atoms with E-state index < -0.39 is 12.1 Å². The molecule has 0 spiro atoms. The molecule has 0 bridgehead atoms. The molecule has 3 rings (SSSR count). The van der Waals surface area contributed by atoms with Gasteiger partial charge in [0.1, 0.15) is 12.4 Å². The molecule has 4 heteroatoms. The Bertz CT molecular complexity index is 1050. The summed E-state index contributed by atoms with van der Waals surface area (Å²) in [5.41, 5.74) is 6.90. The van der Waals surface area contributed by atoms with E-state index in [1.807, 2.05) is 24.3 Å². The van der Waals surface area contributed by atoms with E-state index in [0.29, 0.717) is 19.6 Å². The van der Waals surface area contributed by atoms with E-state index >= 15 is 0 Å². The third kappa shape index (κ3) is 6.56. The number of rotatable bonds is 10. The molecule has 0 heterocycles. The van der Waals surface area contributed by atoms with Crippen LogP contribution < -0.4 is 4.74 Å². The summed E-state index contributed by atoms with van der Waals surface area (Å²) in [6, 6.07) is 24.5. The Hall–Kier alpha value is -3.37. The van der Waals surface area contributed by atoms with Crippen molar-refractivity contribution in [1.29, 1.82) is 0 Å². The van der Waals surface area contributed by atoms with E-state index in [9.17, 15) is 9.90 Å². The summed E-state index contributed by atoms with van der Waals surface area (Å²) in [4.78, 5) is 11.2. The van der Waals surface area contributed by atoms with Crippen LogP contribution in [0, 0.1) is 6.92 Å². The topological polar surface area (TPSA) is 55.8 Å². The fourth-order valence-corrected chi connectivity index (χ4v) is 3.49. The Morgan fingerprint density at radius 2 is 1.72 bits per heavy atom. The molecule has 166 valence electrons. The smallest absolute Gasteiger partial charge is 0.333 e. The molecular formula is C28H30O4. The first-order chi connectivity index (χ1) is 15.5. The van der Waals surface area contributed by atoms with Gasteiger partial charge in [-0.25, -0.2) is 4.79 Å². The molecule has 0 saturated carbocycles. The molecule has 3 aromatic rings. The monoisotopic (exact) mass is 430 g/mol. The normalized spacial score (nSPS) is 12.4. The van der Waals surface area contributed by atoms with Crippen molar-refractivity contribution in [3.05, 3.63) is 95.6 Å². The van der Waals surface area contributed by atoms with E-state index in [1.165, 1.54) is 16.7 Å². The fraction of sp³-hybridized carbons (Fsp3) is 0.250. The second-order valence-electron chi connectivity index (χ2n) is 7.78. The molecule has 0 aromatic heterocycles. The van der Waals surface area contributed by atoms with Gasteiger partial charge in [-0.1, -0.05) is 66.2 Å². The Labute approximate surface area is 190 Å². The first-order valence-corrected chi connectivity index (χ1v) is 10.9. The number of hydrogen-bond donors (Lipinski definition) is 1. The second-order valence-corrected chi connectivity index (χ2v) is 7.78. The van der Waals surface area contributed by atoms with Gasteiger partial charge in [0.15, 0.2) is 6.10 Å². The summed E-state index contributed by atoms with van der Waals surface area (Å²) in [6.07, 6.45) is 1.57. The summed E-state index contributed by atoms with van der Waals surface area (Å²) in [7, 11) is 0. The van der Waals surface area contributed by atoms with Crippen LogP contribution in [0.4, 0.5) is 0 Å². The minimum absolute atomic E-state index is 0.334. The average molecular weight is 431 g/mol. The minimum atomic E-state index is -0.945. The number of benzene rings is 3. The van der Waals surface area contributed by atoms with Crippen LogP contribution in [0.2, 0.25) is 0 Å². The zero-order valence-corrected chi connectivity index (χ0v) is 18.9. The first-order valence-electron chi connectivity index (χ1n) is 10.9. The Kier molecular flexibility index (Phi) is 8.23. The lowest BCUT2D eigenvalue weighted by atomic mass is 10.00. The second kappa shape index (κ2) is 11.3. The number of aryl methyl sites for hydroxylation is 1. The predicted octanol–water partition coefficient (Wildman–Crippen LogP) is 6.18. The third-order valence-electron chi connectivity index (χ3n) is 5.32. The summed E-state index contributed by atoms with van der Waals surface area (Å²) in [5.74, 6) is -0.199. The molecule has 4 nitrogen and oxygen atoms in total. The molecule has 0 radical (unpaired) electrons. The zero-order chi connectivity index (χ0) is 22.9.